The van der Waals surface area contributed by atoms with Gasteiger partial charge in [-0.05, 0) is 37.1 Å². The first-order valence-electron chi connectivity index (χ1n) is 11.0. The number of methoxy groups -OCH3 is 2. The van der Waals surface area contributed by atoms with Gasteiger partial charge in [-0.1, -0.05) is 0 Å². The highest BCUT2D eigenvalue weighted by molar-refractivity contribution is 5.99. The number of pyridine rings is 1. The van der Waals surface area contributed by atoms with Crippen LogP contribution in [0.3, 0.4) is 0 Å². The summed E-state index contributed by atoms with van der Waals surface area (Å²) >= 11 is 0. The molecule has 1 amide bonds. The summed E-state index contributed by atoms with van der Waals surface area (Å²) in [6, 6.07) is 9.79. The monoisotopic (exact) mass is 477 g/mol. The Morgan fingerprint density at radius 3 is 2.54 bits per heavy atom. The second-order valence-corrected chi connectivity index (χ2v) is 8.22. The van der Waals surface area contributed by atoms with Gasteiger partial charge < -0.3 is 24.8 Å². The smallest absolute Gasteiger partial charge is 0.256 e. The van der Waals surface area contributed by atoms with Crippen LogP contribution in [-0.4, -0.2) is 40.9 Å². The van der Waals surface area contributed by atoms with E-state index in [1.807, 2.05) is 0 Å². The molecule has 9 nitrogen and oxygen atoms in total. The average Bonchev–Trinajstić information content (AvgIpc) is 3.59. The molecule has 35 heavy (non-hydrogen) atoms. The van der Waals surface area contributed by atoms with Gasteiger partial charge in [0.25, 0.3) is 5.91 Å². The summed E-state index contributed by atoms with van der Waals surface area (Å²) in [5, 5.41) is 10.9. The Morgan fingerprint density at radius 2 is 1.83 bits per heavy atom. The first-order chi connectivity index (χ1) is 16.9. The molecule has 0 radical (unpaired) electrons. The van der Waals surface area contributed by atoms with Gasteiger partial charge in [0.2, 0.25) is 0 Å². The first-order valence-corrected chi connectivity index (χ1v) is 11.0. The third-order valence-corrected chi connectivity index (χ3v) is 5.61. The lowest BCUT2D eigenvalue weighted by molar-refractivity contribution is 0.0952. The molecule has 0 unspecified atom stereocenters. The molecule has 10 heteroatoms. The van der Waals surface area contributed by atoms with Crippen LogP contribution in [0, 0.1) is 5.82 Å². The molecule has 0 saturated heterocycles. The molecule has 5 rings (SSSR count). The van der Waals surface area contributed by atoms with Crippen LogP contribution in [0.5, 0.6) is 23.0 Å². The highest BCUT2D eigenvalue weighted by Gasteiger charge is 2.26. The maximum atomic E-state index is 15.0. The number of carbonyl (C=O) groups is 1. The van der Waals surface area contributed by atoms with Crippen molar-refractivity contribution in [3.8, 4) is 23.0 Å². The normalized spacial score (nSPS) is 12.9. The van der Waals surface area contributed by atoms with Gasteiger partial charge in [-0.25, -0.2) is 4.39 Å². The molecule has 0 atom stereocenters. The van der Waals surface area contributed by atoms with Gasteiger partial charge in [0.1, 0.15) is 11.3 Å². The average molecular weight is 477 g/mol. The summed E-state index contributed by atoms with van der Waals surface area (Å²) in [7, 11) is 4.80. The lowest BCUT2D eigenvalue weighted by Gasteiger charge is -2.13. The van der Waals surface area contributed by atoms with Gasteiger partial charge in [-0.15, -0.1) is 0 Å². The van der Waals surface area contributed by atoms with Gasteiger partial charge in [0.15, 0.2) is 28.9 Å². The number of rotatable bonds is 8. The molecule has 2 aromatic carbocycles. The lowest BCUT2D eigenvalue weighted by atomic mass is 10.2. The number of fused-ring (bicyclic) bond motifs is 1. The summed E-state index contributed by atoms with van der Waals surface area (Å²) < 4.78 is 33.1. The van der Waals surface area contributed by atoms with E-state index >= 15 is 4.39 Å². The Hall–Kier alpha value is -4.34. The van der Waals surface area contributed by atoms with Gasteiger partial charge in [-0.2, -0.15) is 5.10 Å². The Kier molecular flexibility index (Phi) is 5.86. The number of amides is 1. The van der Waals surface area contributed by atoms with Gasteiger partial charge in [0.05, 0.1) is 19.7 Å². The van der Waals surface area contributed by atoms with E-state index < -0.39 is 5.82 Å². The molecule has 1 aliphatic rings. The van der Waals surface area contributed by atoms with E-state index in [2.05, 4.69) is 20.7 Å². The standard InChI is InChI=1S/C25H24FN5O4/c1-31-13-17(25(32)29-14-4-5-14)24(30-31)28-15-6-7-21(18(26)10-15)35-20-8-9-27-19-12-23(34-3)22(33-2)11-16(19)20/h6-14H,4-5H2,1-3H3,(H,28,30)(H,29,32). The van der Waals surface area contributed by atoms with Crippen LogP contribution in [0.25, 0.3) is 10.9 Å². The number of anilines is 2. The number of benzene rings is 2. The number of hydrogen-bond donors (Lipinski definition) is 2. The van der Waals surface area contributed by atoms with Crippen molar-refractivity contribution in [2.45, 2.75) is 18.9 Å². The van der Waals surface area contributed by atoms with Crippen LogP contribution in [0.1, 0.15) is 23.2 Å². The Morgan fingerprint density at radius 1 is 1.06 bits per heavy atom. The second-order valence-electron chi connectivity index (χ2n) is 8.22. The fraction of sp³-hybridized carbons (Fsp3) is 0.240. The highest BCUT2D eigenvalue weighted by Crippen LogP contribution is 2.37. The van der Waals surface area contributed by atoms with E-state index in [1.54, 1.807) is 50.8 Å². The van der Waals surface area contributed by atoms with E-state index in [1.165, 1.54) is 23.9 Å². The molecule has 0 aliphatic heterocycles. The van der Waals surface area contributed by atoms with E-state index in [0.29, 0.717) is 45.2 Å². The Labute approximate surface area is 200 Å². The zero-order chi connectivity index (χ0) is 24.5. The second kappa shape index (κ2) is 9.13. The minimum absolute atomic E-state index is 0.0329. The minimum Gasteiger partial charge on any atom is -0.493 e. The summed E-state index contributed by atoms with van der Waals surface area (Å²) in [6.45, 7) is 0. The third-order valence-electron chi connectivity index (χ3n) is 5.61. The Balaban J connectivity index is 1.39. The van der Waals surface area contributed by atoms with Gasteiger partial charge in [-0.3, -0.25) is 14.5 Å². The number of aromatic nitrogens is 3. The molecular formula is C25H24FN5O4. The number of halogens is 1. The molecule has 2 heterocycles. The van der Waals surface area contributed by atoms with Crippen molar-refractivity contribution in [1.29, 1.82) is 0 Å². The number of aryl methyl sites for hydroxylation is 1. The van der Waals surface area contributed by atoms with Crippen molar-refractivity contribution in [2.75, 3.05) is 19.5 Å². The van der Waals surface area contributed by atoms with Crippen molar-refractivity contribution in [2.24, 2.45) is 7.05 Å². The fourth-order valence-corrected chi connectivity index (χ4v) is 3.69. The Bertz CT molecular complexity index is 1420. The summed E-state index contributed by atoms with van der Waals surface area (Å²) in [6.07, 6.45) is 5.17. The maximum Gasteiger partial charge on any atom is 0.256 e. The molecule has 0 bridgehead atoms. The number of carbonyl (C=O) groups excluding carboxylic acids is 1. The van der Waals surface area contributed by atoms with Crippen molar-refractivity contribution >= 4 is 28.3 Å². The summed E-state index contributed by atoms with van der Waals surface area (Å²) in [4.78, 5) is 16.9. The minimum atomic E-state index is -0.583. The number of ether oxygens (including phenoxy) is 3. The quantitative estimate of drug-likeness (QED) is 0.384. The first kappa shape index (κ1) is 22.5. The molecule has 180 valence electrons. The molecule has 2 N–H and O–H groups in total. The van der Waals surface area contributed by atoms with E-state index in [0.717, 1.165) is 12.8 Å². The van der Waals surface area contributed by atoms with Crippen molar-refractivity contribution in [3.63, 3.8) is 0 Å². The van der Waals surface area contributed by atoms with Crippen LogP contribution in [0.2, 0.25) is 0 Å². The van der Waals surface area contributed by atoms with Crippen LogP contribution in [-0.2, 0) is 7.05 Å². The molecular weight excluding hydrogens is 453 g/mol. The van der Waals surface area contributed by atoms with E-state index in [-0.39, 0.29) is 17.7 Å². The highest BCUT2D eigenvalue weighted by atomic mass is 19.1. The molecule has 2 aromatic heterocycles. The predicted molar refractivity (Wildman–Crippen MR) is 128 cm³/mol. The van der Waals surface area contributed by atoms with Crippen molar-refractivity contribution < 1.29 is 23.4 Å². The van der Waals surface area contributed by atoms with Gasteiger partial charge >= 0.3 is 0 Å². The SMILES string of the molecule is COc1cc2nccc(Oc3ccc(Nc4nn(C)cc4C(=O)NC4CC4)cc3F)c2cc1OC. The zero-order valence-corrected chi connectivity index (χ0v) is 19.5. The number of nitrogens with one attached hydrogen (secondary N) is 2. The number of hydrogen-bond acceptors (Lipinski definition) is 7. The van der Waals surface area contributed by atoms with Crippen molar-refractivity contribution in [3.05, 3.63) is 60.2 Å². The molecule has 0 spiro atoms. The van der Waals surface area contributed by atoms with Crippen LogP contribution < -0.4 is 24.8 Å². The van der Waals surface area contributed by atoms with E-state index in [9.17, 15) is 4.79 Å². The largest absolute Gasteiger partial charge is 0.493 e. The topological polar surface area (TPSA) is 99.5 Å². The summed E-state index contributed by atoms with van der Waals surface area (Å²) in [5.41, 5.74) is 1.44. The van der Waals surface area contributed by atoms with Gasteiger partial charge in [0, 0.05) is 48.7 Å². The zero-order valence-electron chi connectivity index (χ0n) is 19.5. The predicted octanol–water partition coefficient (Wildman–Crippen LogP) is 4.55. The molecule has 1 aliphatic carbocycles. The fourth-order valence-electron chi connectivity index (χ4n) is 3.69. The number of nitrogens with zero attached hydrogens (tertiary/aromatic N) is 3. The molecule has 4 aromatic rings. The van der Waals surface area contributed by atoms with Crippen LogP contribution in [0.15, 0.2) is 48.8 Å². The molecule has 1 fully saturated rings. The lowest BCUT2D eigenvalue weighted by Crippen LogP contribution is -2.25. The maximum absolute atomic E-state index is 15.0. The van der Waals surface area contributed by atoms with Crippen molar-refractivity contribution in [1.82, 2.24) is 20.1 Å². The van der Waals surface area contributed by atoms with Crippen LogP contribution in [0.4, 0.5) is 15.9 Å². The summed E-state index contributed by atoms with van der Waals surface area (Å²) in [5.74, 6) is 1.05. The third kappa shape index (κ3) is 4.68. The van der Waals surface area contributed by atoms with E-state index in [4.69, 9.17) is 14.2 Å². The molecule has 1 saturated carbocycles. The van der Waals surface area contributed by atoms with Crippen LogP contribution >= 0.6 is 0 Å².